The van der Waals surface area contributed by atoms with Crippen LogP contribution in [-0.4, -0.2) is 40.9 Å². The van der Waals surface area contributed by atoms with Crippen molar-refractivity contribution in [1.82, 2.24) is 15.5 Å². The van der Waals surface area contributed by atoms with Crippen molar-refractivity contribution < 1.29 is 14.4 Å². The van der Waals surface area contributed by atoms with Gasteiger partial charge < -0.3 is 10.6 Å². The van der Waals surface area contributed by atoms with Gasteiger partial charge in [0.25, 0.3) is 0 Å². The van der Waals surface area contributed by atoms with Gasteiger partial charge in [-0.1, -0.05) is 38.5 Å². The van der Waals surface area contributed by atoms with Crippen molar-refractivity contribution in [3.8, 4) is 0 Å². The first-order valence-electron chi connectivity index (χ1n) is 9.58. The van der Waals surface area contributed by atoms with Gasteiger partial charge in [-0.3, -0.25) is 14.5 Å². The number of carbonyl (C=O) groups excluding carboxylic acids is 3. The highest BCUT2D eigenvalue weighted by Gasteiger charge is 2.41. The van der Waals surface area contributed by atoms with E-state index in [0.29, 0.717) is 6.42 Å². The Morgan fingerprint density at radius 1 is 0.792 bits per heavy atom. The van der Waals surface area contributed by atoms with Crippen LogP contribution in [0.2, 0.25) is 0 Å². The van der Waals surface area contributed by atoms with Crippen LogP contribution >= 0.6 is 0 Å². The zero-order valence-corrected chi connectivity index (χ0v) is 14.4. The van der Waals surface area contributed by atoms with Gasteiger partial charge in [-0.2, -0.15) is 0 Å². The van der Waals surface area contributed by atoms with E-state index in [-0.39, 0.29) is 36.3 Å². The fourth-order valence-corrected chi connectivity index (χ4v) is 4.22. The molecule has 1 atom stereocenters. The molecule has 0 aromatic heterocycles. The zero-order chi connectivity index (χ0) is 16.9. The van der Waals surface area contributed by atoms with E-state index in [1.54, 1.807) is 0 Å². The molecular formula is C18H29N3O3. The van der Waals surface area contributed by atoms with Gasteiger partial charge in [0, 0.05) is 18.5 Å². The van der Waals surface area contributed by atoms with Crippen molar-refractivity contribution >= 4 is 17.8 Å². The predicted octanol–water partition coefficient (Wildman–Crippen LogP) is 2.47. The molecule has 0 radical (unpaired) electrons. The summed E-state index contributed by atoms with van der Waals surface area (Å²) in [4.78, 5) is 38.4. The van der Waals surface area contributed by atoms with Crippen LogP contribution in [0.25, 0.3) is 0 Å². The smallest absolute Gasteiger partial charge is 0.325 e. The molecule has 3 aliphatic rings. The second-order valence-corrected chi connectivity index (χ2v) is 7.45. The average Bonchev–Trinajstić information content (AvgIpc) is 2.98. The van der Waals surface area contributed by atoms with Crippen LogP contribution < -0.4 is 10.6 Å². The minimum atomic E-state index is -0.636. The van der Waals surface area contributed by atoms with Crippen molar-refractivity contribution in [2.75, 3.05) is 0 Å². The van der Waals surface area contributed by atoms with Gasteiger partial charge >= 0.3 is 6.03 Å². The third-order valence-electron chi connectivity index (χ3n) is 5.62. The van der Waals surface area contributed by atoms with E-state index >= 15 is 0 Å². The summed E-state index contributed by atoms with van der Waals surface area (Å²) in [5, 5.41) is 6.02. The number of amides is 4. The number of hydrogen-bond donors (Lipinski definition) is 2. The quantitative estimate of drug-likeness (QED) is 0.831. The lowest BCUT2D eigenvalue weighted by molar-refractivity contribution is -0.132. The molecule has 6 nitrogen and oxygen atoms in total. The van der Waals surface area contributed by atoms with Crippen LogP contribution in [0.15, 0.2) is 0 Å². The Bertz CT molecular complexity index is 482. The highest BCUT2D eigenvalue weighted by molar-refractivity contribution is 6.02. The number of rotatable bonds is 3. The van der Waals surface area contributed by atoms with Gasteiger partial charge in [-0.15, -0.1) is 0 Å². The largest absolute Gasteiger partial charge is 0.352 e. The summed E-state index contributed by atoms with van der Waals surface area (Å²) in [6.45, 7) is 0. The SMILES string of the molecule is O=C(NC1CCCCC1)C1CCC(=O)N1C(=O)NC1CCCCC1. The number of imide groups is 1. The molecule has 1 heterocycles. The summed E-state index contributed by atoms with van der Waals surface area (Å²) in [6, 6.07) is -0.678. The number of nitrogens with zero attached hydrogens (tertiary/aromatic N) is 1. The van der Waals surface area contributed by atoms with Crippen molar-refractivity contribution in [2.24, 2.45) is 0 Å². The molecule has 1 aliphatic heterocycles. The molecule has 4 amide bonds. The van der Waals surface area contributed by atoms with E-state index in [9.17, 15) is 14.4 Å². The second-order valence-electron chi connectivity index (χ2n) is 7.45. The summed E-state index contributed by atoms with van der Waals surface area (Å²) in [7, 11) is 0. The molecule has 2 N–H and O–H groups in total. The van der Waals surface area contributed by atoms with Crippen LogP contribution in [0.3, 0.4) is 0 Å². The number of nitrogens with one attached hydrogen (secondary N) is 2. The molecule has 2 aliphatic carbocycles. The monoisotopic (exact) mass is 335 g/mol. The lowest BCUT2D eigenvalue weighted by Gasteiger charge is -2.29. The molecular weight excluding hydrogens is 306 g/mol. The number of carbonyl (C=O) groups is 3. The molecule has 134 valence electrons. The van der Waals surface area contributed by atoms with Crippen LogP contribution in [0.1, 0.15) is 77.0 Å². The highest BCUT2D eigenvalue weighted by Crippen LogP contribution is 2.23. The van der Waals surface area contributed by atoms with Gasteiger partial charge in [-0.05, 0) is 32.1 Å². The predicted molar refractivity (Wildman–Crippen MR) is 90.3 cm³/mol. The maximum absolute atomic E-state index is 12.6. The standard InChI is InChI=1S/C18H29N3O3/c22-16-12-11-15(17(23)19-13-7-3-1-4-8-13)21(16)18(24)20-14-9-5-2-6-10-14/h13-15H,1-12H2,(H,19,23)(H,20,24). The van der Waals surface area contributed by atoms with Gasteiger partial charge in [0.1, 0.15) is 6.04 Å². The summed E-state index contributed by atoms with van der Waals surface area (Å²) in [5.74, 6) is -0.390. The lowest BCUT2D eigenvalue weighted by atomic mass is 9.95. The summed E-state index contributed by atoms with van der Waals surface area (Å²) in [5.41, 5.74) is 0. The lowest BCUT2D eigenvalue weighted by Crippen LogP contribution is -2.54. The molecule has 6 heteroatoms. The van der Waals surface area contributed by atoms with Gasteiger partial charge in [0.2, 0.25) is 11.8 Å². The highest BCUT2D eigenvalue weighted by atomic mass is 16.2. The fraction of sp³-hybridized carbons (Fsp3) is 0.833. The third kappa shape index (κ3) is 4.08. The number of hydrogen-bond acceptors (Lipinski definition) is 3. The second kappa shape index (κ2) is 7.99. The van der Waals surface area contributed by atoms with Crippen LogP contribution in [0.5, 0.6) is 0 Å². The Hall–Kier alpha value is -1.59. The van der Waals surface area contributed by atoms with Crippen molar-refractivity contribution in [1.29, 1.82) is 0 Å². The summed E-state index contributed by atoms with van der Waals surface area (Å²) >= 11 is 0. The normalized spacial score (nSPS) is 26.4. The maximum Gasteiger partial charge on any atom is 0.325 e. The minimum Gasteiger partial charge on any atom is -0.352 e. The maximum atomic E-state index is 12.6. The van der Waals surface area contributed by atoms with Crippen molar-refractivity contribution in [3.05, 3.63) is 0 Å². The van der Waals surface area contributed by atoms with E-state index < -0.39 is 6.04 Å². The van der Waals surface area contributed by atoms with E-state index in [2.05, 4.69) is 10.6 Å². The zero-order valence-electron chi connectivity index (χ0n) is 14.4. The molecule has 3 fully saturated rings. The Labute approximate surface area is 143 Å². The van der Waals surface area contributed by atoms with Crippen LogP contribution in [-0.2, 0) is 9.59 Å². The summed E-state index contributed by atoms with van der Waals surface area (Å²) in [6.07, 6.45) is 11.6. The first kappa shape index (κ1) is 17.2. The van der Waals surface area contributed by atoms with E-state index in [1.165, 1.54) is 17.7 Å². The first-order chi connectivity index (χ1) is 11.6. The Kier molecular flexibility index (Phi) is 5.74. The minimum absolute atomic E-state index is 0.140. The van der Waals surface area contributed by atoms with Gasteiger partial charge in [0.15, 0.2) is 0 Å². The molecule has 0 aromatic rings. The number of urea groups is 1. The first-order valence-corrected chi connectivity index (χ1v) is 9.58. The molecule has 2 saturated carbocycles. The molecule has 1 saturated heterocycles. The van der Waals surface area contributed by atoms with Crippen LogP contribution in [0, 0.1) is 0 Å². The van der Waals surface area contributed by atoms with Crippen LogP contribution in [0.4, 0.5) is 4.79 Å². The summed E-state index contributed by atoms with van der Waals surface area (Å²) < 4.78 is 0. The molecule has 0 aromatic carbocycles. The van der Waals surface area contributed by atoms with E-state index in [0.717, 1.165) is 51.4 Å². The molecule has 0 spiro atoms. The van der Waals surface area contributed by atoms with E-state index in [4.69, 9.17) is 0 Å². The van der Waals surface area contributed by atoms with Crippen molar-refractivity contribution in [3.63, 3.8) is 0 Å². The third-order valence-corrected chi connectivity index (χ3v) is 5.62. The van der Waals surface area contributed by atoms with Crippen molar-refractivity contribution in [2.45, 2.75) is 95.2 Å². The Morgan fingerprint density at radius 3 is 1.92 bits per heavy atom. The van der Waals surface area contributed by atoms with Gasteiger partial charge in [-0.25, -0.2) is 4.79 Å². The molecule has 3 rings (SSSR count). The molecule has 0 bridgehead atoms. The average molecular weight is 335 g/mol. The number of likely N-dealkylation sites (tertiary alicyclic amines) is 1. The molecule has 1 unspecified atom stereocenters. The van der Waals surface area contributed by atoms with Gasteiger partial charge in [0.05, 0.1) is 0 Å². The Balaban J connectivity index is 1.58. The van der Waals surface area contributed by atoms with E-state index in [1.807, 2.05) is 0 Å². The topological polar surface area (TPSA) is 78.5 Å². The Morgan fingerprint density at radius 2 is 1.33 bits per heavy atom. The fourth-order valence-electron chi connectivity index (χ4n) is 4.22. The molecule has 24 heavy (non-hydrogen) atoms.